The molecule has 3 aromatic heterocycles. The number of para-hydroxylation sites is 1. The third-order valence-corrected chi connectivity index (χ3v) is 6.38. The zero-order valence-electron chi connectivity index (χ0n) is 19.3. The van der Waals surface area contributed by atoms with E-state index in [0.29, 0.717) is 36.1 Å². The molecule has 1 aliphatic rings. The van der Waals surface area contributed by atoms with E-state index >= 15 is 0 Å². The molecule has 9 heteroatoms. The lowest BCUT2D eigenvalue weighted by Gasteiger charge is -2.25. The van der Waals surface area contributed by atoms with E-state index in [1.54, 1.807) is 15.4 Å². The van der Waals surface area contributed by atoms with Gasteiger partial charge in [0.15, 0.2) is 17.3 Å². The maximum atomic E-state index is 12.8. The van der Waals surface area contributed by atoms with E-state index in [1.807, 2.05) is 55.5 Å². The van der Waals surface area contributed by atoms with Gasteiger partial charge in [0.05, 0.1) is 6.20 Å². The molecular weight excluding hydrogens is 442 g/mol. The lowest BCUT2D eigenvalue weighted by molar-refractivity contribution is -0.116. The molecule has 1 N–H and O–H groups in total. The number of benzene rings is 2. The summed E-state index contributed by atoms with van der Waals surface area (Å²) in [6.45, 7) is 4.36. The molecule has 1 unspecified atom stereocenters. The molecule has 0 radical (unpaired) electrons. The SMILES string of the molecule is Cc1ccccc1COc1ccccc1C1CC(=O)Nc2c1cnn2-c1ccc2nnc(C)n2n1. The number of aryl methyl sites for hydroxylation is 2. The molecular formula is C26H23N7O2. The van der Waals surface area contributed by atoms with Crippen molar-refractivity contribution in [2.45, 2.75) is 32.8 Å². The van der Waals surface area contributed by atoms with Crippen molar-refractivity contribution in [1.82, 2.24) is 29.6 Å². The van der Waals surface area contributed by atoms with E-state index < -0.39 is 0 Å². The van der Waals surface area contributed by atoms with Crippen LogP contribution in [0.25, 0.3) is 11.5 Å². The Kier molecular flexibility index (Phi) is 5.02. The maximum Gasteiger partial charge on any atom is 0.226 e. The summed E-state index contributed by atoms with van der Waals surface area (Å²) in [5.74, 6) is 2.32. The minimum atomic E-state index is -0.194. The smallest absolute Gasteiger partial charge is 0.226 e. The number of ether oxygens (including phenoxy) is 1. The second kappa shape index (κ2) is 8.35. The normalized spacial score (nSPS) is 15.1. The van der Waals surface area contributed by atoms with E-state index in [2.05, 4.69) is 44.8 Å². The molecule has 35 heavy (non-hydrogen) atoms. The van der Waals surface area contributed by atoms with Crippen molar-refractivity contribution in [2.75, 3.05) is 5.32 Å². The lowest BCUT2D eigenvalue weighted by atomic mass is 9.87. The molecule has 1 aliphatic heterocycles. The highest BCUT2D eigenvalue weighted by Crippen LogP contribution is 2.41. The van der Waals surface area contributed by atoms with Crippen LogP contribution in [-0.2, 0) is 11.4 Å². The number of anilines is 1. The van der Waals surface area contributed by atoms with Gasteiger partial charge in [-0.3, -0.25) is 4.79 Å². The summed E-state index contributed by atoms with van der Waals surface area (Å²) in [4.78, 5) is 12.8. The van der Waals surface area contributed by atoms with Gasteiger partial charge in [-0.1, -0.05) is 42.5 Å². The van der Waals surface area contributed by atoms with Gasteiger partial charge in [-0.05, 0) is 43.2 Å². The number of fused-ring (bicyclic) bond motifs is 2. The van der Waals surface area contributed by atoms with Crippen LogP contribution in [0.15, 0.2) is 66.9 Å². The second-order valence-electron chi connectivity index (χ2n) is 8.63. The molecule has 0 saturated carbocycles. The Morgan fingerprint density at radius 1 is 1.00 bits per heavy atom. The van der Waals surface area contributed by atoms with Crippen LogP contribution in [0.4, 0.5) is 5.82 Å². The summed E-state index contributed by atoms with van der Waals surface area (Å²) in [5, 5.41) is 20.3. The molecule has 5 aromatic rings. The van der Waals surface area contributed by atoms with Crippen LogP contribution in [0, 0.1) is 13.8 Å². The largest absolute Gasteiger partial charge is 0.489 e. The van der Waals surface area contributed by atoms with Gasteiger partial charge < -0.3 is 10.1 Å². The molecule has 2 aromatic carbocycles. The second-order valence-corrected chi connectivity index (χ2v) is 8.63. The van der Waals surface area contributed by atoms with Crippen molar-refractivity contribution in [3.8, 4) is 11.6 Å². The van der Waals surface area contributed by atoms with E-state index in [9.17, 15) is 4.79 Å². The monoisotopic (exact) mass is 465 g/mol. The maximum absolute atomic E-state index is 12.8. The third-order valence-electron chi connectivity index (χ3n) is 6.38. The van der Waals surface area contributed by atoms with Crippen molar-refractivity contribution in [2.24, 2.45) is 0 Å². The minimum absolute atomic E-state index is 0.0838. The fourth-order valence-corrected chi connectivity index (χ4v) is 4.50. The molecule has 0 saturated heterocycles. The number of rotatable bonds is 5. The van der Waals surface area contributed by atoms with Crippen LogP contribution in [-0.4, -0.2) is 35.5 Å². The molecule has 1 atom stereocenters. The Morgan fingerprint density at radius 3 is 2.71 bits per heavy atom. The van der Waals surface area contributed by atoms with Gasteiger partial charge in [0.2, 0.25) is 5.91 Å². The Morgan fingerprint density at radius 2 is 1.83 bits per heavy atom. The topological polar surface area (TPSA) is 99.2 Å². The quantitative estimate of drug-likeness (QED) is 0.422. The summed E-state index contributed by atoms with van der Waals surface area (Å²) >= 11 is 0. The van der Waals surface area contributed by atoms with E-state index in [4.69, 9.17) is 4.74 Å². The molecule has 174 valence electrons. The summed E-state index contributed by atoms with van der Waals surface area (Å²) in [5.41, 5.74) is 4.82. The number of nitrogens with one attached hydrogen (secondary N) is 1. The average molecular weight is 466 g/mol. The van der Waals surface area contributed by atoms with Crippen molar-refractivity contribution < 1.29 is 9.53 Å². The molecule has 4 heterocycles. The number of amides is 1. The van der Waals surface area contributed by atoms with Crippen LogP contribution in [0.5, 0.6) is 5.75 Å². The molecule has 0 aliphatic carbocycles. The lowest BCUT2D eigenvalue weighted by Crippen LogP contribution is -2.25. The summed E-state index contributed by atoms with van der Waals surface area (Å²) < 4.78 is 9.56. The van der Waals surface area contributed by atoms with Gasteiger partial charge in [0, 0.05) is 23.5 Å². The molecule has 0 spiro atoms. The van der Waals surface area contributed by atoms with Crippen molar-refractivity contribution in [3.05, 3.63) is 94.9 Å². The summed E-state index contributed by atoms with van der Waals surface area (Å²) in [6.07, 6.45) is 2.10. The van der Waals surface area contributed by atoms with Gasteiger partial charge in [-0.15, -0.1) is 15.3 Å². The van der Waals surface area contributed by atoms with Crippen molar-refractivity contribution >= 4 is 17.4 Å². The number of hydrogen-bond donors (Lipinski definition) is 1. The van der Waals surface area contributed by atoms with Gasteiger partial charge >= 0.3 is 0 Å². The minimum Gasteiger partial charge on any atom is -0.489 e. The molecule has 1 amide bonds. The van der Waals surface area contributed by atoms with Crippen molar-refractivity contribution in [1.29, 1.82) is 0 Å². The predicted molar refractivity (Wildman–Crippen MR) is 130 cm³/mol. The standard InChI is InChI=1S/C26H23N7O2/c1-16-7-3-4-8-18(16)15-35-22-10-6-5-9-19(22)20-13-25(34)28-26-21(20)14-27-33(26)24-12-11-23-30-29-17(2)32(23)31-24/h3-12,14,20H,13,15H2,1-2H3,(H,28,34). The summed E-state index contributed by atoms with van der Waals surface area (Å²) in [6, 6.07) is 19.7. The summed E-state index contributed by atoms with van der Waals surface area (Å²) in [7, 11) is 0. The number of hydrogen-bond acceptors (Lipinski definition) is 6. The van der Waals surface area contributed by atoms with Crippen LogP contribution < -0.4 is 10.1 Å². The highest BCUT2D eigenvalue weighted by Gasteiger charge is 2.32. The predicted octanol–water partition coefficient (Wildman–Crippen LogP) is 3.98. The van der Waals surface area contributed by atoms with Gasteiger partial charge in [-0.2, -0.15) is 14.3 Å². The van der Waals surface area contributed by atoms with Gasteiger partial charge in [0.1, 0.15) is 18.2 Å². The van der Waals surface area contributed by atoms with Gasteiger partial charge in [-0.25, -0.2) is 0 Å². The van der Waals surface area contributed by atoms with E-state index in [-0.39, 0.29) is 11.8 Å². The zero-order chi connectivity index (χ0) is 23.9. The number of carbonyl (C=O) groups excluding carboxylic acids is 1. The first-order chi connectivity index (χ1) is 17.1. The number of aromatic nitrogens is 6. The molecule has 0 bridgehead atoms. The first kappa shape index (κ1) is 21.0. The van der Waals surface area contributed by atoms with Crippen molar-refractivity contribution in [3.63, 3.8) is 0 Å². The van der Waals surface area contributed by atoms with Crippen LogP contribution in [0.3, 0.4) is 0 Å². The third kappa shape index (κ3) is 3.71. The molecule has 0 fully saturated rings. The molecule has 9 nitrogen and oxygen atoms in total. The first-order valence-corrected chi connectivity index (χ1v) is 11.4. The van der Waals surface area contributed by atoms with Gasteiger partial charge in [0.25, 0.3) is 0 Å². The Labute approximate surface area is 201 Å². The average Bonchev–Trinajstić information content (AvgIpc) is 3.46. The highest BCUT2D eigenvalue weighted by molar-refractivity contribution is 5.94. The van der Waals surface area contributed by atoms with E-state index in [1.165, 1.54) is 5.56 Å². The fourth-order valence-electron chi connectivity index (χ4n) is 4.50. The fraction of sp³-hybridized carbons (Fsp3) is 0.192. The number of carbonyl (C=O) groups is 1. The number of nitrogens with zero attached hydrogens (tertiary/aromatic N) is 6. The Balaban J connectivity index is 1.37. The van der Waals surface area contributed by atoms with Crippen LogP contribution >= 0.6 is 0 Å². The van der Waals surface area contributed by atoms with Crippen LogP contribution in [0.1, 0.15) is 40.4 Å². The Hall–Kier alpha value is -4.53. The van der Waals surface area contributed by atoms with E-state index in [0.717, 1.165) is 22.4 Å². The first-order valence-electron chi connectivity index (χ1n) is 11.4. The molecule has 6 rings (SSSR count). The highest BCUT2D eigenvalue weighted by atomic mass is 16.5. The van der Waals surface area contributed by atoms with Crippen LogP contribution in [0.2, 0.25) is 0 Å². The zero-order valence-corrected chi connectivity index (χ0v) is 19.3. The Bertz CT molecular complexity index is 1570.